The summed E-state index contributed by atoms with van der Waals surface area (Å²) in [6, 6.07) is 0.658. The topological polar surface area (TPSA) is 32.3 Å². The second-order valence-corrected chi connectivity index (χ2v) is 5.79. The fourth-order valence-electron chi connectivity index (χ4n) is 3.04. The van der Waals surface area contributed by atoms with E-state index in [1.54, 1.807) is 0 Å². The number of nitrogens with zero attached hydrogens (tertiary/aromatic N) is 4. The molecule has 2 atom stereocenters. The molecule has 1 aliphatic rings. The van der Waals surface area contributed by atoms with Gasteiger partial charge in [-0.3, -0.25) is 14.9 Å². The average Bonchev–Trinajstić information content (AvgIpc) is 2.41. The maximum absolute atomic E-state index is 4.45. The lowest BCUT2D eigenvalue weighted by Gasteiger charge is -2.40. The van der Waals surface area contributed by atoms with Crippen molar-refractivity contribution >= 4 is 0 Å². The molecular formula is C15H26N4. The second-order valence-electron chi connectivity index (χ2n) is 5.79. The summed E-state index contributed by atoms with van der Waals surface area (Å²) in [5.41, 5.74) is 2.05. The molecule has 0 spiro atoms. The molecule has 4 heteroatoms. The summed E-state index contributed by atoms with van der Waals surface area (Å²) in [4.78, 5) is 13.8. The van der Waals surface area contributed by atoms with Crippen molar-refractivity contribution in [3.8, 4) is 0 Å². The minimum absolute atomic E-state index is 0.658. The van der Waals surface area contributed by atoms with Crippen molar-refractivity contribution in [2.75, 3.05) is 26.7 Å². The van der Waals surface area contributed by atoms with Gasteiger partial charge < -0.3 is 4.90 Å². The molecule has 0 aromatic carbocycles. The van der Waals surface area contributed by atoms with Gasteiger partial charge in [-0.05, 0) is 39.4 Å². The number of aromatic nitrogens is 2. The lowest BCUT2D eigenvalue weighted by Crippen LogP contribution is -2.48. The van der Waals surface area contributed by atoms with Crippen LogP contribution >= 0.6 is 0 Å². The maximum atomic E-state index is 4.45. The van der Waals surface area contributed by atoms with Gasteiger partial charge in [-0.15, -0.1) is 0 Å². The van der Waals surface area contributed by atoms with Crippen LogP contribution in [0.25, 0.3) is 0 Å². The fourth-order valence-corrected chi connectivity index (χ4v) is 3.04. The highest BCUT2D eigenvalue weighted by atomic mass is 15.2. The van der Waals surface area contributed by atoms with Crippen molar-refractivity contribution < 1.29 is 0 Å². The van der Waals surface area contributed by atoms with Crippen LogP contribution in [0.2, 0.25) is 0 Å². The largest absolute Gasteiger partial charge is 0.303 e. The molecule has 1 saturated heterocycles. The molecule has 1 fully saturated rings. The Kier molecular flexibility index (Phi) is 4.88. The van der Waals surface area contributed by atoms with Crippen molar-refractivity contribution in [3.63, 3.8) is 0 Å². The summed E-state index contributed by atoms with van der Waals surface area (Å²) < 4.78 is 0. The van der Waals surface area contributed by atoms with Gasteiger partial charge in [0.15, 0.2) is 0 Å². The molecule has 0 saturated carbocycles. The van der Waals surface area contributed by atoms with Gasteiger partial charge in [-0.2, -0.15) is 0 Å². The Morgan fingerprint density at radius 2 is 2.16 bits per heavy atom. The van der Waals surface area contributed by atoms with Gasteiger partial charge in [0.1, 0.15) is 0 Å². The Labute approximate surface area is 116 Å². The van der Waals surface area contributed by atoms with Gasteiger partial charge in [-0.1, -0.05) is 13.8 Å². The molecular weight excluding hydrogens is 236 g/mol. The first-order valence-electron chi connectivity index (χ1n) is 7.30. The van der Waals surface area contributed by atoms with Gasteiger partial charge in [0.05, 0.1) is 11.4 Å². The van der Waals surface area contributed by atoms with Crippen LogP contribution in [-0.4, -0.2) is 52.5 Å². The Morgan fingerprint density at radius 1 is 1.37 bits per heavy atom. The molecule has 0 N–H and O–H groups in total. The van der Waals surface area contributed by atoms with Crippen molar-refractivity contribution in [2.24, 2.45) is 5.92 Å². The molecule has 0 amide bonds. The van der Waals surface area contributed by atoms with Gasteiger partial charge in [0.2, 0.25) is 0 Å². The summed E-state index contributed by atoms with van der Waals surface area (Å²) in [5, 5.41) is 0. The van der Waals surface area contributed by atoms with Crippen molar-refractivity contribution in [1.29, 1.82) is 0 Å². The van der Waals surface area contributed by atoms with E-state index in [0.29, 0.717) is 6.04 Å². The first-order valence-corrected chi connectivity index (χ1v) is 7.30. The SMILES string of the molecule is CCN1CC[C@H](N(C)Cc2cnc(C)cn2)[C@@H](C)C1. The first kappa shape index (κ1) is 14.4. The highest BCUT2D eigenvalue weighted by Crippen LogP contribution is 2.22. The lowest BCUT2D eigenvalue weighted by atomic mass is 9.92. The van der Waals surface area contributed by atoms with Crippen LogP contribution in [0.3, 0.4) is 0 Å². The highest BCUT2D eigenvalue weighted by Gasteiger charge is 2.28. The van der Waals surface area contributed by atoms with Crippen LogP contribution in [-0.2, 0) is 6.54 Å². The van der Waals surface area contributed by atoms with Crippen LogP contribution in [0.4, 0.5) is 0 Å². The minimum Gasteiger partial charge on any atom is -0.303 e. The molecule has 1 aromatic heterocycles. The lowest BCUT2D eigenvalue weighted by molar-refractivity contribution is 0.0779. The maximum Gasteiger partial charge on any atom is 0.0727 e. The summed E-state index contributed by atoms with van der Waals surface area (Å²) in [6.07, 6.45) is 5.01. The standard InChI is InChI=1S/C15H26N4/c1-5-19-7-6-15(12(2)10-19)18(4)11-14-9-16-13(3)8-17-14/h8-9,12,15H,5-7,10-11H2,1-4H3/t12-,15-/m0/s1. The number of piperidine rings is 1. The molecule has 0 bridgehead atoms. The smallest absolute Gasteiger partial charge is 0.0727 e. The Bertz CT molecular complexity index is 390. The third-order valence-corrected chi connectivity index (χ3v) is 4.20. The zero-order valence-electron chi connectivity index (χ0n) is 12.6. The predicted octanol–water partition coefficient (Wildman–Crippen LogP) is 1.95. The van der Waals surface area contributed by atoms with Gasteiger partial charge >= 0.3 is 0 Å². The molecule has 19 heavy (non-hydrogen) atoms. The van der Waals surface area contributed by atoms with E-state index in [-0.39, 0.29) is 0 Å². The van der Waals surface area contributed by atoms with Gasteiger partial charge in [0, 0.05) is 31.5 Å². The number of hydrogen-bond acceptors (Lipinski definition) is 4. The molecule has 106 valence electrons. The Balaban J connectivity index is 1.92. The Hall–Kier alpha value is -1.00. The van der Waals surface area contributed by atoms with Gasteiger partial charge in [-0.25, -0.2) is 0 Å². The molecule has 2 heterocycles. The second kappa shape index (κ2) is 6.44. The van der Waals surface area contributed by atoms with E-state index in [9.17, 15) is 0 Å². The normalized spacial score (nSPS) is 24.9. The average molecular weight is 262 g/mol. The first-order chi connectivity index (χ1) is 9.10. The zero-order chi connectivity index (χ0) is 13.8. The molecule has 0 radical (unpaired) electrons. The Morgan fingerprint density at radius 3 is 2.74 bits per heavy atom. The van der Waals surface area contributed by atoms with E-state index in [2.05, 4.69) is 40.7 Å². The van der Waals surface area contributed by atoms with Crippen LogP contribution in [0.1, 0.15) is 31.7 Å². The highest BCUT2D eigenvalue weighted by molar-refractivity contribution is 5.01. The molecule has 0 aliphatic carbocycles. The number of hydrogen-bond donors (Lipinski definition) is 0. The van der Waals surface area contributed by atoms with E-state index in [4.69, 9.17) is 0 Å². The summed E-state index contributed by atoms with van der Waals surface area (Å²) in [6.45, 7) is 11.1. The molecule has 0 unspecified atom stereocenters. The van der Waals surface area contributed by atoms with E-state index < -0.39 is 0 Å². The van der Waals surface area contributed by atoms with Crippen molar-refractivity contribution in [1.82, 2.24) is 19.8 Å². The molecule has 2 rings (SSSR count). The predicted molar refractivity (Wildman–Crippen MR) is 77.9 cm³/mol. The van der Waals surface area contributed by atoms with Crippen LogP contribution < -0.4 is 0 Å². The zero-order valence-corrected chi connectivity index (χ0v) is 12.6. The van der Waals surface area contributed by atoms with Crippen LogP contribution in [0, 0.1) is 12.8 Å². The van der Waals surface area contributed by atoms with E-state index in [1.807, 2.05) is 19.3 Å². The summed E-state index contributed by atoms with van der Waals surface area (Å²) >= 11 is 0. The molecule has 1 aromatic rings. The van der Waals surface area contributed by atoms with Crippen molar-refractivity contribution in [3.05, 3.63) is 23.8 Å². The van der Waals surface area contributed by atoms with Crippen LogP contribution in [0.15, 0.2) is 12.4 Å². The van der Waals surface area contributed by atoms with Gasteiger partial charge in [0.25, 0.3) is 0 Å². The third-order valence-electron chi connectivity index (χ3n) is 4.20. The fraction of sp³-hybridized carbons (Fsp3) is 0.733. The quantitative estimate of drug-likeness (QED) is 0.830. The number of likely N-dealkylation sites (tertiary alicyclic amines) is 1. The molecule has 1 aliphatic heterocycles. The minimum atomic E-state index is 0.658. The number of rotatable bonds is 4. The summed E-state index contributed by atoms with van der Waals surface area (Å²) in [7, 11) is 2.21. The van der Waals surface area contributed by atoms with E-state index in [1.165, 1.54) is 26.1 Å². The van der Waals surface area contributed by atoms with E-state index in [0.717, 1.165) is 23.9 Å². The monoisotopic (exact) mass is 262 g/mol. The molecule has 4 nitrogen and oxygen atoms in total. The summed E-state index contributed by atoms with van der Waals surface area (Å²) in [5.74, 6) is 0.720. The van der Waals surface area contributed by atoms with Crippen molar-refractivity contribution in [2.45, 2.75) is 39.8 Å². The van der Waals surface area contributed by atoms with E-state index >= 15 is 0 Å². The number of aryl methyl sites for hydroxylation is 1. The van der Waals surface area contributed by atoms with Crippen LogP contribution in [0.5, 0.6) is 0 Å². The third kappa shape index (κ3) is 3.74.